The quantitative estimate of drug-likeness (QED) is 0.622. The first-order valence-corrected chi connectivity index (χ1v) is 9.24. The fourth-order valence-corrected chi connectivity index (χ4v) is 3.94. The van der Waals surface area contributed by atoms with Gasteiger partial charge in [0.15, 0.2) is 0 Å². The molecule has 0 amide bonds. The zero-order valence-corrected chi connectivity index (χ0v) is 15.2. The molecule has 134 valence electrons. The molecule has 0 aliphatic heterocycles. The summed E-state index contributed by atoms with van der Waals surface area (Å²) in [5.41, 5.74) is 1.97. The van der Waals surface area contributed by atoms with Crippen molar-refractivity contribution < 1.29 is 9.84 Å². The molecule has 1 N–H and O–H groups in total. The number of halogens is 1. The molecule has 1 fully saturated rings. The lowest BCUT2D eigenvalue weighted by molar-refractivity contribution is -0.0606. The van der Waals surface area contributed by atoms with Gasteiger partial charge in [-0.25, -0.2) is 9.97 Å². The molecule has 2 aromatic heterocycles. The summed E-state index contributed by atoms with van der Waals surface area (Å²) in [6.07, 6.45) is 14.7. The molecule has 2 aromatic rings. The number of aliphatic hydroxyl groups is 1. The van der Waals surface area contributed by atoms with Crippen LogP contribution in [0.2, 0.25) is 5.15 Å². The van der Waals surface area contributed by atoms with E-state index in [1.54, 1.807) is 0 Å². The van der Waals surface area contributed by atoms with Crippen LogP contribution in [0.25, 0.3) is 11.0 Å². The van der Waals surface area contributed by atoms with Gasteiger partial charge in [-0.2, -0.15) is 0 Å². The highest BCUT2D eigenvalue weighted by Crippen LogP contribution is 2.39. The Labute approximate surface area is 153 Å². The molecular weight excluding hydrogens is 338 g/mol. The highest BCUT2D eigenvalue weighted by molar-refractivity contribution is 6.34. The summed E-state index contributed by atoms with van der Waals surface area (Å²) in [7, 11) is 0. The average Bonchev–Trinajstić information content (AvgIpc) is 3.03. The zero-order valence-electron chi connectivity index (χ0n) is 14.5. The number of rotatable bonds is 6. The summed E-state index contributed by atoms with van der Waals surface area (Å²) < 4.78 is 7.92. The van der Waals surface area contributed by atoms with Gasteiger partial charge in [-0.15, -0.1) is 12.3 Å². The molecule has 0 bridgehead atoms. The summed E-state index contributed by atoms with van der Waals surface area (Å²) in [4.78, 5) is 8.62. The van der Waals surface area contributed by atoms with Crippen molar-refractivity contribution in [3.05, 3.63) is 23.2 Å². The Hall–Kier alpha value is -1.61. The second kappa shape index (κ2) is 8.18. The minimum Gasteiger partial charge on any atom is -0.394 e. The van der Waals surface area contributed by atoms with Crippen molar-refractivity contribution in [2.45, 2.75) is 63.7 Å². The predicted molar refractivity (Wildman–Crippen MR) is 98.5 cm³/mol. The van der Waals surface area contributed by atoms with E-state index >= 15 is 0 Å². The maximum Gasteiger partial charge on any atom is 0.147 e. The van der Waals surface area contributed by atoms with Crippen LogP contribution >= 0.6 is 11.6 Å². The second-order valence-corrected chi connectivity index (χ2v) is 7.00. The molecule has 1 aliphatic rings. The lowest BCUT2D eigenvalue weighted by atomic mass is 9.84. The van der Waals surface area contributed by atoms with Crippen LogP contribution in [-0.4, -0.2) is 32.4 Å². The fraction of sp³-hybridized carbons (Fsp3) is 0.579. The Balaban J connectivity index is 1.98. The molecule has 2 heterocycles. The highest BCUT2D eigenvalue weighted by Gasteiger charge is 2.25. The number of aliphatic hydroxyl groups excluding tert-OH is 1. The summed E-state index contributed by atoms with van der Waals surface area (Å²) in [6, 6.07) is 0. The van der Waals surface area contributed by atoms with Gasteiger partial charge in [0.1, 0.15) is 23.4 Å². The molecule has 0 spiro atoms. The molecular formula is C19H24ClN3O2. The molecule has 6 heteroatoms. The largest absolute Gasteiger partial charge is 0.394 e. The molecule has 25 heavy (non-hydrogen) atoms. The number of terminal acetylenes is 1. The standard InChI is InChI=1S/C19H24ClN3O2/c1-3-7-15(11-24)25-13(2)23-10-16(14-8-5-4-6-9-14)17-18(20)21-12-22-19(17)23/h1,10,12-15,24H,4-9,11H2,2H3/t13-,15+/m1/s1. The van der Waals surface area contributed by atoms with Crippen molar-refractivity contribution in [3.8, 4) is 12.3 Å². The van der Waals surface area contributed by atoms with E-state index in [1.807, 2.05) is 11.5 Å². The topological polar surface area (TPSA) is 60.2 Å². The smallest absolute Gasteiger partial charge is 0.147 e. The highest BCUT2D eigenvalue weighted by atomic mass is 35.5. The SMILES string of the molecule is C#CC[C@@H](CO)O[C@H](C)n1cc(C2CCCCC2)c2c(Cl)ncnc21. The molecule has 1 aliphatic carbocycles. The van der Waals surface area contributed by atoms with Crippen molar-refractivity contribution in [1.29, 1.82) is 0 Å². The van der Waals surface area contributed by atoms with Crippen LogP contribution in [0.3, 0.4) is 0 Å². The van der Waals surface area contributed by atoms with Gasteiger partial charge in [0, 0.05) is 12.6 Å². The number of fused-ring (bicyclic) bond motifs is 1. The van der Waals surface area contributed by atoms with Crippen LogP contribution in [0, 0.1) is 12.3 Å². The van der Waals surface area contributed by atoms with Gasteiger partial charge >= 0.3 is 0 Å². The minimum atomic E-state index is -0.395. The number of nitrogens with zero attached hydrogens (tertiary/aromatic N) is 3. The average molecular weight is 362 g/mol. The van der Waals surface area contributed by atoms with Crippen LogP contribution < -0.4 is 0 Å². The first-order valence-electron chi connectivity index (χ1n) is 8.86. The third kappa shape index (κ3) is 3.82. The van der Waals surface area contributed by atoms with Gasteiger partial charge in [-0.1, -0.05) is 30.9 Å². The van der Waals surface area contributed by atoms with Crippen LogP contribution in [0.1, 0.15) is 63.2 Å². The van der Waals surface area contributed by atoms with E-state index < -0.39 is 6.10 Å². The summed E-state index contributed by atoms with van der Waals surface area (Å²) in [6.45, 7) is 1.82. The number of hydrogen-bond donors (Lipinski definition) is 1. The molecule has 3 rings (SSSR count). The third-order valence-electron chi connectivity index (χ3n) is 4.97. The van der Waals surface area contributed by atoms with E-state index in [2.05, 4.69) is 22.1 Å². The van der Waals surface area contributed by atoms with E-state index in [0.717, 1.165) is 23.9 Å². The lowest BCUT2D eigenvalue weighted by Gasteiger charge is -2.22. The summed E-state index contributed by atoms with van der Waals surface area (Å²) >= 11 is 6.41. The third-order valence-corrected chi connectivity index (χ3v) is 5.25. The Morgan fingerprint density at radius 3 is 2.84 bits per heavy atom. The molecule has 1 saturated carbocycles. The van der Waals surface area contributed by atoms with Crippen LogP contribution in [0.5, 0.6) is 0 Å². The summed E-state index contributed by atoms with van der Waals surface area (Å²) in [5.74, 6) is 3.02. The Morgan fingerprint density at radius 2 is 2.16 bits per heavy atom. The van der Waals surface area contributed by atoms with Gasteiger partial charge < -0.3 is 14.4 Å². The lowest BCUT2D eigenvalue weighted by Crippen LogP contribution is -2.22. The molecule has 0 aromatic carbocycles. The van der Waals surface area contributed by atoms with E-state index in [1.165, 1.54) is 31.2 Å². The van der Waals surface area contributed by atoms with Crippen molar-refractivity contribution >= 4 is 22.6 Å². The normalized spacial score (nSPS) is 18.2. The zero-order chi connectivity index (χ0) is 17.8. The second-order valence-electron chi connectivity index (χ2n) is 6.64. The van der Waals surface area contributed by atoms with Crippen LogP contribution in [0.15, 0.2) is 12.5 Å². The van der Waals surface area contributed by atoms with Crippen molar-refractivity contribution in [2.24, 2.45) is 0 Å². The van der Waals surface area contributed by atoms with E-state index in [9.17, 15) is 5.11 Å². The molecule has 0 radical (unpaired) electrons. The summed E-state index contributed by atoms with van der Waals surface area (Å²) in [5, 5.41) is 10.8. The predicted octanol–water partition coefficient (Wildman–Crippen LogP) is 4.05. The number of aromatic nitrogens is 3. The van der Waals surface area contributed by atoms with Crippen LogP contribution in [-0.2, 0) is 4.74 Å². The van der Waals surface area contributed by atoms with Gasteiger partial charge in [0.05, 0.1) is 18.1 Å². The Bertz CT molecular complexity index is 762. The first-order chi connectivity index (χ1) is 12.2. The fourth-order valence-electron chi connectivity index (χ4n) is 3.71. The van der Waals surface area contributed by atoms with Gasteiger partial charge in [-0.3, -0.25) is 0 Å². The first kappa shape index (κ1) is 18.2. The van der Waals surface area contributed by atoms with Gasteiger partial charge in [-0.05, 0) is 31.2 Å². The maximum absolute atomic E-state index is 9.44. The van der Waals surface area contributed by atoms with E-state index in [-0.39, 0.29) is 12.8 Å². The van der Waals surface area contributed by atoms with Gasteiger partial charge in [0.25, 0.3) is 0 Å². The van der Waals surface area contributed by atoms with E-state index in [0.29, 0.717) is 17.5 Å². The molecule has 0 saturated heterocycles. The Kier molecular flexibility index (Phi) is 5.95. The molecule has 5 nitrogen and oxygen atoms in total. The molecule has 2 atom stereocenters. The Morgan fingerprint density at radius 1 is 1.40 bits per heavy atom. The van der Waals surface area contributed by atoms with E-state index in [4.69, 9.17) is 22.8 Å². The van der Waals surface area contributed by atoms with Crippen molar-refractivity contribution in [2.75, 3.05) is 6.61 Å². The van der Waals surface area contributed by atoms with Crippen LogP contribution in [0.4, 0.5) is 0 Å². The molecule has 0 unspecified atom stereocenters. The number of ether oxygens (including phenoxy) is 1. The maximum atomic E-state index is 9.44. The number of hydrogen-bond acceptors (Lipinski definition) is 4. The van der Waals surface area contributed by atoms with Crippen molar-refractivity contribution in [3.63, 3.8) is 0 Å². The monoisotopic (exact) mass is 361 g/mol. The van der Waals surface area contributed by atoms with Gasteiger partial charge in [0.2, 0.25) is 0 Å². The van der Waals surface area contributed by atoms with Crippen molar-refractivity contribution in [1.82, 2.24) is 14.5 Å². The minimum absolute atomic E-state index is 0.112.